The molecule has 3 aliphatic rings. The van der Waals surface area contributed by atoms with Crippen molar-refractivity contribution in [3.63, 3.8) is 0 Å². The number of nitrogens with two attached hydrogens (primary N) is 1. The number of aliphatic imine (C=N–C) groups is 1. The van der Waals surface area contributed by atoms with E-state index in [-0.39, 0.29) is 24.0 Å². The highest BCUT2D eigenvalue weighted by molar-refractivity contribution is 9.10. The topological polar surface area (TPSA) is 89.6 Å². The van der Waals surface area contributed by atoms with E-state index in [9.17, 15) is 4.79 Å². The zero-order chi connectivity index (χ0) is 20.0. The quantitative estimate of drug-likeness (QED) is 0.698. The average Bonchev–Trinajstić information content (AvgIpc) is 3.12. The van der Waals surface area contributed by atoms with Crippen LogP contribution in [0.15, 0.2) is 52.1 Å². The summed E-state index contributed by atoms with van der Waals surface area (Å²) in [6, 6.07) is 11.5. The van der Waals surface area contributed by atoms with Gasteiger partial charge in [-0.25, -0.2) is 4.99 Å². The van der Waals surface area contributed by atoms with Gasteiger partial charge in [0.05, 0.1) is 0 Å². The van der Waals surface area contributed by atoms with E-state index in [1.165, 1.54) is 0 Å². The third-order valence-electron chi connectivity index (χ3n) is 6.07. The maximum Gasteiger partial charge on any atom is 0.270 e. The molecule has 2 aliphatic heterocycles. The molecule has 0 bridgehead atoms. The lowest BCUT2D eigenvalue weighted by atomic mass is 9.67. The van der Waals surface area contributed by atoms with Gasteiger partial charge in [-0.05, 0) is 49.6 Å². The molecule has 1 saturated carbocycles. The number of halogens is 1. The number of nitrogens with one attached hydrogen (secondary N) is 1. The van der Waals surface area contributed by atoms with Crippen molar-refractivity contribution in [2.45, 2.75) is 36.9 Å². The fourth-order valence-electron chi connectivity index (χ4n) is 4.75. The van der Waals surface area contributed by atoms with Gasteiger partial charge in [-0.2, -0.15) is 0 Å². The molecular weight excluding hydrogens is 452 g/mol. The number of carbonyl (C=O) groups excluding carboxylic acids is 1. The Hall–Kier alpha value is -2.06. The van der Waals surface area contributed by atoms with Crippen LogP contribution >= 0.6 is 27.7 Å². The highest BCUT2D eigenvalue weighted by Crippen LogP contribution is 2.54. The van der Waals surface area contributed by atoms with Crippen molar-refractivity contribution in [3.8, 4) is 5.75 Å². The van der Waals surface area contributed by atoms with Crippen LogP contribution in [0.5, 0.6) is 5.75 Å². The fraction of sp³-hybridized carbons (Fsp3) is 0.381. The summed E-state index contributed by atoms with van der Waals surface area (Å²) < 4.78 is 7.38. The monoisotopic (exact) mass is 472 g/mol. The van der Waals surface area contributed by atoms with Crippen LogP contribution in [0.1, 0.15) is 35.3 Å². The van der Waals surface area contributed by atoms with E-state index in [0.29, 0.717) is 10.9 Å². The van der Waals surface area contributed by atoms with Crippen molar-refractivity contribution in [2.75, 3.05) is 5.75 Å². The fourth-order valence-corrected chi connectivity index (χ4v) is 6.14. The first-order valence-corrected chi connectivity index (χ1v) is 11.5. The molecule has 2 aromatic rings. The summed E-state index contributed by atoms with van der Waals surface area (Å²) in [6.07, 6.45) is 4.25. The van der Waals surface area contributed by atoms with Crippen LogP contribution in [0, 0.1) is 5.92 Å². The Morgan fingerprint density at radius 2 is 2.21 bits per heavy atom. The van der Waals surface area contributed by atoms with E-state index >= 15 is 0 Å². The zero-order valence-electron chi connectivity index (χ0n) is 15.7. The summed E-state index contributed by atoms with van der Waals surface area (Å²) in [6.45, 7) is 0. The standard InChI is InChI=1S/C21H21BrN4O2S/c22-12-4-6-17-14(9-12)21(11-29-20(23)26-21)15-10-13(5-7-18(15)28-17)25-19(27)16-3-1-2-8-24-16/h1-4,6,8-9,13,15,18H,5,7,10-11H2,(H2,23,26)(H,25,27). The van der Waals surface area contributed by atoms with E-state index in [1.807, 2.05) is 18.2 Å². The van der Waals surface area contributed by atoms with E-state index in [1.54, 1.807) is 30.1 Å². The molecule has 3 heterocycles. The maximum absolute atomic E-state index is 12.6. The average molecular weight is 473 g/mol. The molecule has 5 rings (SSSR count). The van der Waals surface area contributed by atoms with Crippen LogP contribution in [0.25, 0.3) is 0 Å². The summed E-state index contributed by atoms with van der Waals surface area (Å²) in [5.41, 5.74) is 7.24. The van der Waals surface area contributed by atoms with Crippen molar-refractivity contribution in [3.05, 3.63) is 58.3 Å². The predicted octanol–water partition coefficient (Wildman–Crippen LogP) is 3.46. The second-order valence-electron chi connectivity index (χ2n) is 7.76. The largest absolute Gasteiger partial charge is 0.490 e. The molecular formula is C21H21BrN4O2S. The van der Waals surface area contributed by atoms with Crippen molar-refractivity contribution in [1.29, 1.82) is 0 Å². The Bertz CT molecular complexity index is 986. The van der Waals surface area contributed by atoms with Crippen LogP contribution in [0.3, 0.4) is 0 Å². The summed E-state index contributed by atoms with van der Waals surface area (Å²) >= 11 is 5.19. The number of ether oxygens (including phenoxy) is 1. The number of nitrogens with zero attached hydrogens (tertiary/aromatic N) is 2. The molecule has 29 heavy (non-hydrogen) atoms. The number of thioether (sulfide) groups is 1. The summed E-state index contributed by atoms with van der Waals surface area (Å²) in [5.74, 6) is 1.71. The minimum atomic E-state index is -0.412. The van der Waals surface area contributed by atoms with Crippen LogP contribution in [-0.2, 0) is 5.54 Å². The first-order valence-electron chi connectivity index (χ1n) is 9.72. The highest BCUT2D eigenvalue weighted by Gasteiger charge is 2.54. The van der Waals surface area contributed by atoms with E-state index in [0.717, 1.165) is 40.8 Å². The third-order valence-corrected chi connectivity index (χ3v) is 7.53. The number of amidine groups is 1. The lowest BCUT2D eigenvalue weighted by Crippen LogP contribution is -2.54. The summed E-state index contributed by atoms with van der Waals surface area (Å²) in [7, 11) is 0. The van der Waals surface area contributed by atoms with Gasteiger partial charge in [-0.15, -0.1) is 0 Å². The molecule has 0 saturated heterocycles. The molecule has 8 heteroatoms. The van der Waals surface area contributed by atoms with E-state index in [2.05, 4.69) is 32.3 Å². The second kappa shape index (κ2) is 7.32. The van der Waals surface area contributed by atoms with Gasteiger partial charge in [0, 0.05) is 33.9 Å². The predicted molar refractivity (Wildman–Crippen MR) is 117 cm³/mol. The number of amides is 1. The second-order valence-corrected chi connectivity index (χ2v) is 9.68. The van der Waals surface area contributed by atoms with Gasteiger partial charge >= 0.3 is 0 Å². The number of carbonyl (C=O) groups is 1. The normalized spacial score (nSPS) is 30.1. The van der Waals surface area contributed by atoms with Crippen LogP contribution in [0.2, 0.25) is 0 Å². The smallest absolute Gasteiger partial charge is 0.270 e. The molecule has 0 radical (unpaired) electrons. The molecule has 1 amide bonds. The van der Waals surface area contributed by atoms with Crippen molar-refractivity contribution in [1.82, 2.24) is 10.3 Å². The Morgan fingerprint density at radius 3 is 2.97 bits per heavy atom. The number of hydrogen-bond acceptors (Lipinski definition) is 6. The summed E-state index contributed by atoms with van der Waals surface area (Å²) in [4.78, 5) is 21.7. The molecule has 3 N–H and O–H groups in total. The molecule has 1 aromatic heterocycles. The first-order chi connectivity index (χ1) is 14.0. The molecule has 4 unspecified atom stereocenters. The lowest BCUT2D eigenvalue weighted by molar-refractivity contribution is 0.0155. The van der Waals surface area contributed by atoms with Gasteiger partial charge in [0.25, 0.3) is 5.91 Å². The molecule has 4 atom stereocenters. The summed E-state index contributed by atoms with van der Waals surface area (Å²) in [5, 5.41) is 3.79. The van der Waals surface area contributed by atoms with Crippen molar-refractivity contribution >= 4 is 38.8 Å². The van der Waals surface area contributed by atoms with Gasteiger partial charge in [0.15, 0.2) is 5.17 Å². The van der Waals surface area contributed by atoms with Gasteiger partial charge in [0.2, 0.25) is 0 Å². The minimum absolute atomic E-state index is 0.0574. The molecule has 6 nitrogen and oxygen atoms in total. The van der Waals surface area contributed by atoms with Crippen molar-refractivity contribution < 1.29 is 9.53 Å². The van der Waals surface area contributed by atoms with Gasteiger partial charge in [-0.3, -0.25) is 9.78 Å². The number of hydrogen-bond donors (Lipinski definition) is 2. The van der Waals surface area contributed by atoms with E-state index in [4.69, 9.17) is 15.5 Å². The van der Waals surface area contributed by atoms with Crippen LogP contribution in [-0.4, -0.2) is 34.0 Å². The third kappa shape index (κ3) is 3.32. The lowest BCUT2D eigenvalue weighted by Gasteiger charge is -2.48. The number of fused-ring (bicyclic) bond motifs is 4. The Labute approximate surface area is 181 Å². The zero-order valence-corrected chi connectivity index (χ0v) is 18.1. The van der Waals surface area contributed by atoms with E-state index < -0.39 is 5.54 Å². The number of benzene rings is 1. The minimum Gasteiger partial charge on any atom is -0.490 e. The molecule has 1 fully saturated rings. The molecule has 150 valence electrons. The number of rotatable bonds is 2. The maximum atomic E-state index is 12.6. The van der Waals surface area contributed by atoms with Gasteiger partial charge in [-0.1, -0.05) is 33.8 Å². The SMILES string of the molecule is NC1=NC2(CS1)c1cc(Br)ccc1OC1CCC(NC(=O)c3ccccn3)CC12. The van der Waals surface area contributed by atoms with Gasteiger partial charge in [0.1, 0.15) is 23.1 Å². The first kappa shape index (κ1) is 18.9. The van der Waals surface area contributed by atoms with Crippen LogP contribution in [0.4, 0.5) is 0 Å². The number of pyridine rings is 1. The highest BCUT2D eigenvalue weighted by atomic mass is 79.9. The van der Waals surface area contributed by atoms with Crippen LogP contribution < -0.4 is 15.8 Å². The molecule has 1 spiro atoms. The molecule has 1 aliphatic carbocycles. The Morgan fingerprint density at radius 1 is 1.31 bits per heavy atom. The Kier molecular flexibility index (Phi) is 4.78. The van der Waals surface area contributed by atoms with Crippen molar-refractivity contribution in [2.24, 2.45) is 16.6 Å². The Balaban J connectivity index is 1.45. The molecule has 1 aromatic carbocycles. The number of aromatic nitrogens is 1. The van der Waals surface area contributed by atoms with Gasteiger partial charge < -0.3 is 15.8 Å².